The van der Waals surface area contributed by atoms with Crippen LogP contribution in [-0.4, -0.2) is 21.5 Å². The van der Waals surface area contributed by atoms with Crippen molar-refractivity contribution in [1.29, 1.82) is 0 Å². The summed E-state index contributed by atoms with van der Waals surface area (Å²) >= 11 is 0. The first-order valence-electron chi connectivity index (χ1n) is 1.78. The first kappa shape index (κ1) is 6.23. The third kappa shape index (κ3) is 1.99. The molecule has 0 amide bonds. The lowest BCUT2D eigenvalue weighted by molar-refractivity contribution is -0.132. The average Bonchev–Trinajstić information content (AvgIpc) is 1.65. The van der Waals surface area contributed by atoms with Crippen molar-refractivity contribution in [3.8, 4) is 0 Å². The Hall–Kier alpha value is -0.773. The number of carbonyl (C=O) groups is 1. The van der Waals surface area contributed by atoms with Crippen LogP contribution in [0.25, 0.3) is 0 Å². The van der Waals surface area contributed by atoms with E-state index in [0.29, 0.717) is 10.4 Å². The maximum Gasteiger partial charge on any atom is 0.350 e. The first-order valence-corrected chi connectivity index (χ1v) is 2.78. The number of carboxylic acid groups (broad SMARTS) is 1. The predicted octanol–water partition coefficient (Wildman–Crippen LogP) is -1.55. The summed E-state index contributed by atoms with van der Waals surface area (Å²) in [6.07, 6.45) is 0. The molecule has 0 heterocycles. The van der Waals surface area contributed by atoms with E-state index in [4.69, 9.17) is 5.11 Å². The Kier molecular flexibility index (Phi) is 2.14. The number of hydrogen-bond donors (Lipinski definition) is 2. The van der Waals surface area contributed by atoms with E-state index < -0.39 is 5.97 Å². The van der Waals surface area contributed by atoms with Crippen LogP contribution >= 0.6 is 0 Å². The molecule has 0 unspecified atom stereocenters. The Morgan fingerprint density at radius 2 is 2.29 bits per heavy atom. The fourth-order valence-corrected chi connectivity index (χ4v) is 0.321. The minimum Gasteiger partial charge on any atom is -0.477 e. The minimum absolute atomic E-state index is 0.0756. The fraction of sp³-hybridized carbons (Fsp3) is 0. The maximum atomic E-state index is 9.79. The fourth-order valence-electron chi connectivity index (χ4n) is 0.107. The Balaban J connectivity index is 3.58. The lowest BCUT2D eigenvalue weighted by atomic mass is 10.5. The second-order valence-electron chi connectivity index (χ2n) is 1.03. The van der Waals surface area contributed by atoms with Crippen LogP contribution in [0.2, 0.25) is 0 Å². The molecule has 4 heteroatoms. The van der Waals surface area contributed by atoms with Gasteiger partial charge in [-0.05, 0) is 0 Å². The summed E-state index contributed by atoms with van der Waals surface area (Å²) in [7, 11) is 0.640. The molecule has 0 spiro atoms. The molecule has 0 aromatic heterocycles. The summed E-state index contributed by atoms with van der Waals surface area (Å²) in [4.78, 5) is 12.3. The van der Waals surface area contributed by atoms with E-state index in [9.17, 15) is 4.79 Å². The molecule has 7 heavy (non-hydrogen) atoms. The van der Waals surface area contributed by atoms with E-state index in [2.05, 4.69) is 11.6 Å². The van der Waals surface area contributed by atoms with Gasteiger partial charge in [0.25, 0.3) is 0 Å². The van der Waals surface area contributed by atoms with Gasteiger partial charge in [0.1, 0.15) is 16.1 Å². The van der Waals surface area contributed by atoms with Gasteiger partial charge in [0.15, 0.2) is 0 Å². The second kappa shape index (κ2) is 2.41. The standard InChI is InChI=1S/C3H7NO2Si/c1-2(4-7)3(5)6/h4H,1H2,7H3,(H,5,6). The highest BCUT2D eigenvalue weighted by molar-refractivity contribution is 6.09. The van der Waals surface area contributed by atoms with Crippen molar-refractivity contribution in [3.05, 3.63) is 12.3 Å². The van der Waals surface area contributed by atoms with Gasteiger partial charge in [0.05, 0.1) is 0 Å². The molecule has 0 aliphatic carbocycles. The van der Waals surface area contributed by atoms with Gasteiger partial charge < -0.3 is 10.1 Å². The van der Waals surface area contributed by atoms with E-state index in [1.165, 1.54) is 0 Å². The van der Waals surface area contributed by atoms with Crippen molar-refractivity contribution < 1.29 is 9.90 Å². The molecule has 2 N–H and O–H groups in total. The largest absolute Gasteiger partial charge is 0.477 e. The van der Waals surface area contributed by atoms with Crippen molar-refractivity contribution in [2.24, 2.45) is 0 Å². The molecule has 3 nitrogen and oxygen atoms in total. The third-order valence-corrected chi connectivity index (χ3v) is 1.16. The summed E-state index contributed by atoms with van der Waals surface area (Å²) in [6.45, 7) is 3.20. The zero-order valence-corrected chi connectivity index (χ0v) is 6.06. The van der Waals surface area contributed by atoms with Gasteiger partial charge in [-0.25, -0.2) is 4.79 Å². The SMILES string of the molecule is C=C(N[SiH3])C(=O)O. The summed E-state index contributed by atoms with van der Waals surface area (Å²) in [5.41, 5.74) is 0.0756. The molecule has 0 saturated carbocycles. The Bertz CT molecular complexity index is 101. The molecule has 40 valence electrons. The lowest BCUT2D eigenvalue weighted by Crippen LogP contribution is -2.14. The van der Waals surface area contributed by atoms with Crippen LogP contribution in [0.15, 0.2) is 12.3 Å². The van der Waals surface area contributed by atoms with Crippen LogP contribution in [-0.2, 0) is 4.79 Å². The van der Waals surface area contributed by atoms with Gasteiger partial charge in [0.2, 0.25) is 0 Å². The summed E-state index contributed by atoms with van der Waals surface area (Å²) < 4.78 is 0. The molecular weight excluding hydrogens is 110 g/mol. The topological polar surface area (TPSA) is 49.3 Å². The van der Waals surface area contributed by atoms with Gasteiger partial charge >= 0.3 is 5.97 Å². The quantitative estimate of drug-likeness (QED) is 0.340. The molecule has 0 bridgehead atoms. The maximum absolute atomic E-state index is 9.79. The van der Waals surface area contributed by atoms with Crippen molar-refractivity contribution in [2.45, 2.75) is 0 Å². The third-order valence-electron chi connectivity index (χ3n) is 0.560. The van der Waals surface area contributed by atoms with Crippen LogP contribution in [0.3, 0.4) is 0 Å². The Morgan fingerprint density at radius 3 is 2.29 bits per heavy atom. The Labute approximate surface area is 44.5 Å². The molecule has 0 rings (SSSR count). The molecular formula is C3H7NO2Si. The zero-order chi connectivity index (χ0) is 5.86. The van der Waals surface area contributed by atoms with Crippen LogP contribution in [0.1, 0.15) is 0 Å². The van der Waals surface area contributed by atoms with Crippen LogP contribution < -0.4 is 4.98 Å². The monoisotopic (exact) mass is 117 g/mol. The molecule has 0 atom stereocenters. The van der Waals surface area contributed by atoms with Gasteiger partial charge in [-0.3, -0.25) is 0 Å². The smallest absolute Gasteiger partial charge is 0.350 e. The molecule has 0 fully saturated rings. The van der Waals surface area contributed by atoms with Gasteiger partial charge in [0, 0.05) is 0 Å². The van der Waals surface area contributed by atoms with E-state index in [0.717, 1.165) is 0 Å². The number of carboxylic acids is 1. The average molecular weight is 117 g/mol. The Morgan fingerprint density at radius 1 is 1.86 bits per heavy atom. The highest BCUT2D eigenvalue weighted by Gasteiger charge is 1.95. The minimum atomic E-state index is -0.977. The molecule has 0 aromatic carbocycles. The van der Waals surface area contributed by atoms with Crippen molar-refractivity contribution in [2.75, 3.05) is 0 Å². The summed E-state index contributed by atoms with van der Waals surface area (Å²) in [5, 5.41) is 8.04. The van der Waals surface area contributed by atoms with Crippen LogP contribution in [0.5, 0.6) is 0 Å². The van der Waals surface area contributed by atoms with Crippen molar-refractivity contribution in [1.82, 2.24) is 4.98 Å². The zero-order valence-electron chi connectivity index (χ0n) is 4.06. The number of nitrogens with one attached hydrogen (secondary N) is 1. The number of aliphatic carboxylic acids is 1. The highest BCUT2D eigenvalue weighted by atomic mass is 28.2. The summed E-state index contributed by atoms with van der Waals surface area (Å²) in [5.74, 6) is -0.977. The van der Waals surface area contributed by atoms with Gasteiger partial charge in [-0.15, -0.1) is 0 Å². The van der Waals surface area contributed by atoms with Crippen LogP contribution in [0.4, 0.5) is 0 Å². The first-order chi connectivity index (χ1) is 3.18. The van der Waals surface area contributed by atoms with E-state index in [-0.39, 0.29) is 5.70 Å². The van der Waals surface area contributed by atoms with E-state index >= 15 is 0 Å². The molecule has 0 aliphatic rings. The molecule has 0 saturated heterocycles. The lowest BCUT2D eigenvalue weighted by Gasteiger charge is -1.92. The molecule has 0 aliphatic heterocycles. The van der Waals surface area contributed by atoms with Crippen LogP contribution in [0, 0.1) is 0 Å². The second-order valence-corrected chi connectivity index (χ2v) is 1.53. The van der Waals surface area contributed by atoms with E-state index in [1.807, 2.05) is 0 Å². The van der Waals surface area contributed by atoms with E-state index in [1.54, 1.807) is 0 Å². The van der Waals surface area contributed by atoms with Gasteiger partial charge in [-0.1, -0.05) is 6.58 Å². The predicted molar refractivity (Wildman–Crippen MR) is 29.9 cm³/mol. The highest BCUT2D eigenvalue weighted by Crippen LogP contribution is 1.75. The molecule has 0 aromatic rings. The number of rotatable bonds is 2. The normalized spacial score (nSPS) is 8.00. The van der Waals surface area contributed by atoms with Crippen molar-refractivity contribution >= 4 is 16.4 Å². The molecule has 0 radical (unpaired) electrons. The summed E-state index contributed by atoms with van der Waals surface area (Å²) in [6, 6.07) is 0. The van der Waals surface area contributed by atoms with Gasteiger partial charge in [-0.2, -0.15) is 0 Å². The number of hydrogen-bond acceptors (Lipinski definition) is 2. The van der Waals surface area contributed by atoms with Crippen molar-refractivity contribution in [3.63, 3.8) is 0 Å².